The molecule has 9 heteroatoms. The van der Waals surface area contributed by atoms with E-state index in [1.54, 1.807) is 19.1 Å². The molecule has 2 N–H and O–H groups in total. The number of carboxylic acids is 1. The van der Waals surface area contributed by atoms with E-state index < -0.39 is 16.1 Å². The minimum Gasteiger partial charge on any atom is -0.744 e. The molecule has 0 spiro atoms. The first-order valence-electron chi connectivity index (χ1n) is 11.6. The van der Waals surface area contributed by atoms with Crippen LogP contribution in [0.1, 0.15) is 37.8 Å². The zero-order valence-electron chi connectivity index (χ0n) is 19.5. The van der Waals surface area contributed by atoms with Crippen LogP contribution in [0.3, 0.4) is 0 Å². The van der Waals surface area contributed by atoms with Crippen LogP contribution in [0.15, 0.2) is 41.3 Å². The lowest BCUT2D eigenvalue weighted by molar-refractivity contribution is -0.141. The molecule has 0 aliphatic heterocycles. The molecule has 0 bridgehead atoms. The molecule has 0 aromatic heterocycles. The van der Waals surface area contributed by atoms with E-state index in [-0.39, 0.29) is 37.5 Å². The van der Waals surface area contributed by atoms with Gasteiger partial charge >= 0.3 is 5.97 Å². The van der Waals surface area contributed by atoms with Gasteiger partial charge in [0.05, 0.1) is 10.8 Å². The average molecular weight is 513 g/mol. The standard InChI is InChI=1S/C26H27NO7S.CH4/c1-14-11-22(33-9-10-34-27-17-4-3-16(13-17)26(28)29)20-7-8-21-23(35(30,31)32)12-15(2)19-6-5-18(14)24(20)25(19)21;/h5-8,11-12,16-17,27H,3-4,9-10,13H2,1-2H3,(H,28,29)(H,30,31,32);1H4/p-1. The second kappa shape index (κ2) is 9.82. The Morgan fingerprint density at radius 2 is 1.61 bits per heavy atom. The SMILES string of the molecule is C.Cc1cc(OCCONC2CCC(C(=O)O)C2)c2ccc3c(S(=O)(=O)[O-])cc(C)c4ccc1c2c43. The van der Waals surface area contributed by atoms with Gasteiger partial charge in [0.2, 0.25) is 0 Å². The number of aryl methyl sites for hydroxylation is 2. The van der Waals surface area contributed by atoms with Gasteiger partial charge in [-0.1, -0.05) is 25.6 Å². The van der Waals surface area contributed by atoms with Crippen molar-refractivity contribution in [2.75, 3.05) is 13.2 Å². The predicted octanol–water partition coefficient (Wildman–Crippen LogP) is 4.89. The highest BCUT2D eigenvalue weighted by molar-refractivity contribution is 7.86. The molecule has 1 aliphatic carbocycles. The zero-order valence-corrected chi connectivity index (χ0v) is 20.3. The summed E-state index contributed by atoms with van der Waals surface area (Å²) in [5, 5.41) is 13.8. The van der Waals surface area contributed by atoms with Gasteiger partial charge in [0.15, 0.2) is 0 Å². The lowest BCUT2D eigenvalue weighted by Gasteiger charge is -2.20. The van der Waals surface area contributed by atoms with Crippen molar-refractivity contribution in [3.8, 4) is 5.75 Å². The van der Waals surface area contributed by atoms with Crippen molar-refractivity contribution in [1.29, 1.82) is 0 Å². The monoisotopic (exact) mass is 512 g/mol. The van der Waals surface area contributed by atoms with Gasteiger partial charge in [-0.3, -0.25) is 9.63 Å². The quantitative estimate of drug-likeness (QED) is 0.148. The third kappa shape index (κ3) is 4.59. The first kappa shape index (κ1) is 26.1. The van der Waals surface area contributed by atoms with Crippen LogP contribution >= 0.6 is 0 Å². The van der Waals surface area contributed by atoms with E-state index in [0.29, 0.717) is 24.0 Å². The second-order valence-corrected chi connectivity index (χ2v) is 10.6. The first-order chi connectivity index (χ1) is 16.6. The lowest BCUT2D eigenvalue weighted by atomic mass is 9.90. The number of carboxylic acid groups (broad SMARTS) is 1. The third-order valence-corrected chi connectivity index (χ3v) is 7.86. The van der Waals surface area contributed by atoms with Gasteiger partial charge < -0.3 is 14.4 Å². The number of nitrogens with one attached hydrogen (secondary N) is 1. The summed E-state index contributed by atoms with van der Waals surface area (Å²) in [4.78, 5) is 16.4. The van der Waals surface area contributed by atoms with Gasteiger partial charge in [-0.05, 0) is 78.6 Å². The normalized spacial score (nSPS) is 18.2. The molecule has 4 aromatic rings. The number of hydroxylamine groups is 1. The van der Waals surface area contributed by atoms with Crippen molar-refractivity contribution in [2.45, 2.75) is 51.5 Å². The van der Waals surface area contributed by atoms with Crippen LogP contribution in [0.4, 0.5) is 0 Å². The summed E-state index contributed by atoms with van der Waals surface area (Å²) in [6.07, 6.45) is 1.95. The van der Waals surface area contributed by atoms with Crippen molar-refractivity contribution in [3.05, 3.63) is 47.5 Å². The van der Waals surface area contributed by atoms with E-state index >= 15 is 0 Å². The molecule has 1 fully saturated rings. The highest BCUT2D eigenvalue weighted by atomic mass is 32.2. The van der Waals surface area contributed by atoms with Crippen molar-refractivity contribution in [2.24, 2.45) is 5.92 Å². The molecule has 5 rings (SSSR count). The molecule has 192 valence electrons. The average Bonchev–Trinajstić information content (AvgIpc) is 3.28. The fraction of sp³-hybridized carbons (Fsp3) is 0.370. The molecular weight excluding hydrogens is 482 g/mol. The maximum absolute atomic E-state index is 12.0. The van der Waals surface area contributed by atoms with Gasteiger partial charge in [-0.15, -0.1) is 0 Å². The minimum absolute atomic E-state index is 0. The van der Waals surface area contributed by atoms with Gasteiger partial charge in [0.25, 0.3) is 0 Å². The summed E-state index contributed by atoms with van der Waals surface area (Å²) in [5.41, 5.74) is 4.63. The van der Waals surface area contributed by atoms with E-state index in [0.717, 1.165) is 44.5 Å². The lowest BCUT2D eigenvalue weighted by Crippen LogP contribution is -2.29. The number of hydrogen-bond acceptors (Lipinski definition) is 7. The second-order valence-electron chi connectivity index (χ2n) is 9.27. The van der Waals surface area contributed by atoms with E-state index in [1.165, 1.54) is 6.07 Å². The van der Waals surface area contributed by atoms with Crippen LogP contribution in [0.5, 0.6) is 5.75 Å². The van der Waals surface area contributed by atoms with Crippen molar-refractivity contribution in [1.82, 2.24) is 5.48 Å². The van der Waals surface area contributed by atoms with Crippen LogP contribution in [0.2, 0.25) is 0 Å². The fourth-order valence-electron chi connectivity index (χ4n) is 5.28. The summed E-state index contributed by atoms with van der Waals surface area (Å²) in [7, 11) is -4.64. The summed E-state index contributed by atoms with van der Waals surface area (Å²) < 4.78 is 42.0. The number of benzene rings is 4. The van der Waals surface area contributed by atoms with Gasteiger partial charge in [0.1, 0.15) is 29.1 Å². The van der Waals surface area contributed by atoms with E-state index in [9.17, 15) is 17.8 Å². The maximum atomic E-state index is 12.0. The number of ether oxygens (including phenoxy) is 1. The predicted molar refractivity (Wildman–Crippen MR) is 138 cm³/mol. The number of rotatable bonds is 8. The molecule has 36 heavy (non-hydrogen) atoms. The minimum atomic E-state index is -4.64. The Bertz CT molecular complexity index is 1550. The molecule has 0 saturated heterocycles. The summed E-state index contributed by atoms with van der Waals surface area (Å²) in [6, 6.07) is 10.9. The van der Waals surface area contributed by atoms with Crippen molar-refractivity contribution < 1.29 is 32.4 Å². The number of aliphatic carboxylic acids is 1. The van der Waals surface area contributed by atoms with Crippen LogP contribution in [0, 0.1) is 19.8 Å². The Hall–Kier alpha value is -2.98. The highest BCUT2D eigenvalue weighted by Crippen LogP contribution is 2.43. The van der Waals surface area contributed by atoms with Crippen molar-refractivity contribution >= 4 is 48.4 Å². The molecule has 2 atom stereocenters. The Morgan fingerprint density at radius 1 is 1.00 bits per heavy atom. The Kier molecular flexibility index (Phi) is 7.12. The number of carbonyl (C=O) groups is 1. The largest absolute Gasteiger partial charge is 0.744 e. The number of hydrogen-bond donors (Lipinski definition) is 2. The molecule has 2 unspecified atom stereocenters. The van der Waals surface area contributed by atoms with Gasteiger partial charge in [-0.25, -0.2) is 8.42 Å². The molecule has 0 radical (unpaired) electrons. The Morgan fingerprint density at radius 3 is 2.25 bits per heavy atom. The van der Waals surface area contributed by atoms with E-state index in [4.69, 9.17) is 14.7 Å². The fourth-order valence-corrected chi connectivity index (χ4v) is 6.04. The molecule has 1 aliphatic rings. The van der Waals surface area contributed by atoms with Crippen LogP contribution in [-0.4, -0.2) is 43.3 Å². The summed E-state index contributed by atoms with van der Waals surface area (Å²) in [5.74, 6) is -0.446. The molecular formula is C27H30NO7S-. The molecule has 4 aromatic carbocycles. The molecule has 0 heterocycles. The highest BCUT2D eigenvalue weighted by Gasteiger charge is 2.29. The first-order valence-corrected chi connectivity index (χ1v) is 13.0. The topological polar surface area (TPSA) is 125 Å². The van der Waals surface area contributed by atoms with Crippen molar-refractivity contribution in [3.63, 3.8) is 0 Å². The van der Waals surface area contributed by atoms with Crippen LogP contribution in [-0.2, 0) is 19.8 Å². The zero-order chi connectivity index (χ0) is 24.9. The van der Waals surface area contributed by atoms with Gasteiger partial charge in [0, 0.05) is 22.2 Å². The smallest absolute Gasteiger partial charge is 0.306 e. The Balaban J connectivity index is 0.00000304. The Labute approximate surface area is 210 Å². The summed E-state index contributed by atoms with van der Waals surface area (Å²) in [6.45, 7) is 4.31. The van der Waals surface area contributed by atoms with E-state index in [1.807, 2.05) is 25.1 Å². The summed E-state index contributed by atoms with van der Waals surface area (Å²) >= 11 is 0. The molecule has 1 saturated carbocycles. The van der Waals surface area contributed by atoms with Gasteiger partial charge in [-0.2, -0.15) is 5.48 Å². The molecule has 8 nitrogen and oxygen atoms in total. The van der Waals surface area contributed by atoms with E-state index in [2.05, 4.69) is 5.48 Å². The third-order valence-electron chi connectivity index (χ3n) is 6.98. The van der Waals surface area contributed by atoms with Crippen LogP contribution < -0.4 is 10.2 Å². The maximum Gasteiger partial charge on any atom is 0.306 e. The van der Waals surface area contributed by atoms with Crippen LogP contribution in [0.25, 0.3) is 32.3 Å². The molecule has 0 amide bonds.